The van der Waals surface area contributed by atoms with Crippen LogP contribution >= 0.6 is 22.7 Å². The van der Waals surface area contributed by atoms with E-state index in [9.17, 15) is 10.1 Å². The average molecular weight is 251 g/mol. The summed E-state index contributed by atoms with van der Waals surface area (Å²) in [4.78, 5) is 12.2. The van der Waals surface area contributed by atoms with Gasteiger partial charge in [-0.05, 0) is 22.9 Å². The summed E-state index contributed by atoms with van der Waals surface area (Å²) in [6.45, 7) is 1.50. The van der Waals surface area contributed by atoms with Crippen molar-refractivity contribution in [2.24, 2.45) is 0 Å². The van der Waals surface area contributed by atoms with Gasteiger partial charge in [-0.15, -0.1) is 22.7 Å². The fourth-order valence-electron chi connectivity index (χ4n) is 1.26. The minimum Gasteiger partial charge on any atom is -0.259 e. The number of hydrogen-bond acceptors (Lipinski definition) is 4. The lowest BCUT2D eigenvalue weighted by molar-refractivity contribution is -0.422. The summed E-state index contributed by atoms with van der Waals surface area (Å²) in [5.41, 5.74) is 1.29. The van der Waals surface area contributed by atoms with Gasteiger partial charge in [0, 0.05) is 28.3 Å². The summed E-state index contributed by atoms with van der Waals surface area (Å²) < 4.78 is 0. The Balaban J connectivity index is 2.27. The second-order valence-corrected chi connectivity index (χ2v) is 5.15. The first-order valence-corrected chi connectivity index (χ1v) is 6.38. The van der Waals surface area contributed by atoms with Crippen molar-refractivity contribution in [2.75, 3.05) is 0 Å². The van der Waals surface area contributed by atoms with Crippen LogP contribution in [0.25, 0.3) is 16.5 Å². The number of thiophene rings is 2. The molecule has 0 saturated heterocycles. The maximum atomic E-state index is 10.5. The molecule has 0 radical (unpaired) electrons. The van der Waals surface area contributed by atoms with E-state index in [1.807, 2.05) is 29.0 Å². The molecule has 0 saturated carbocycles. The van der Waals surface area contributed by atoms with E-state index < -0.39 is 0 Å². The molecule has 0 aliphatic carbocycles. The SMILES string of the molecule is CC(=Cc1cc(-c2cccs2)cs1)[N+](=O)[O-]. The summed E-state index contributed by atoms with van der Waals surface area (Å²) in [6, 6.07) is 6.01. The van der Waals surface area contributed by atoms with Gasteiger partial charge in [0.05, 0.1) is 4.92 Å². The Morgan fingerprint density at radius 3 is 2.94 bits per heavy atom. The molecule has 0 aliphatic rings. The molecule has 0 spiro atoms. The number of hydrogen-bond donors (Lipinski definition) is 0. The highest BCUT2D eigenvalue weighted by Crippen LogP contribution is 2.30. The molecule has 0 aromatic carbocycles. The smallest absolute Gasteiger partial charge is 0.244 e. The molecule has 2 rings (SSSR count). The topological polar surface area (TPSA) is 43.1 Å². The normalized spacial score (nSPS) is 11.7. The highest BCUT2D eigenvalue weighted by molar-refractivity contribution is 7.15. The van der Waals surface area contributed by atoms with Gasteiger partial charge in [0.1, 0.15) is 0 Å². The van der Waals surface area contributed by atoms with E-state index in [0.29, 0.717) is 0 Å². The Bertz CT molecular complexity index is 526. The highest BCUT2D eigenvalue weighted by Gasteiger charge is 2.05. The van der Waals surface area contributed by atoms with E-state index in [-0.39, 0.29) is 10.6 Å². The van der Waals surface area contributed by atoms with E-state index in [0.717, 1.165) is 10.4 Å². The predicted molar refractivity (Wildman–Crippen MR) is 68.3 cm³/mol. The second-order valence-electron chi connectivity index (χ2n) is 3.26. The van der Waals surface area contributed by atoms with Crippen molar-refractivity contribution in [1.82, 2.24) is 0 Å². The van der Waals surface area contributed by atoms with Crippen molar-refractivity contribution in [3.05, 3.63) is 49.6 Å². The van der Waals surface area contributed by atoms with Gasteiger partial charge in [-0.1, -0.05) is 6.07 Å². The standard InChI is InChI=1S/C11H9NO2S2/c1-8(12(13)14)5-10-6-9(7-16-10)11-3-2-4-15-11/h2-7H,1H3. The average Bonchev–Trinajstić information content (AvgIpc) is 2.85. The fourth-order valence-corrected chi connectivity index (χ4v) is 2.94. The van der Waals surface area contributed by atoms with Crippen LogP contribution in [0.3, 0.4) is 0 Å². The molecule has 0 N–H and O–H groups in total. The van der Waals surface area contributed by atoms with Gasteiger partial charge in [0.25, 0.3) is 0 Å². The highest BCUT2D eigenvalue weighted by atomic mass is 32.1. The molecule has 0 bridgehead atoms. The van der Waals surface area contributed by atoms with Crippen molar-refractivity contribution >= 4 is 28.7 Å². The zero-order chi connectivity index (χ0) is 11.5. The van der Waals surface area contributed by atoms with Crippen molar-refractivity contribution in [2.45, 2.75) is 6.92 Å². The zero-order valence-corrected chi connectivity index (χ0v) is 10.2. The zero-order valence-electron chi connectivity index (χ0n) is 8.54. The van der Waals surface area contributed by atoms with Crippen molar-refractivity contribution in [1.29, 1.82) is 0 Å². The third kappa shape index (κ3) is 2.37. The Morgan fingerprint density at radius 1 is 1.50 bits per heavy atom. The molecule has 16 heavy (non-hydrogen) atoms. The first kappa shape index (κ1) is 11.0. The van der Waals surface area contributed by atoms with Crippen LogP contribution < -0.4 is 0 Å². The molecule has 2 aromatic heterocycles. The summed E-state index contributed by atoms with van der Waals surface area (Å²) >= 11 is 3.19. The predicted octanol–water partition coefficient (Wildman–Crippen LogP) is 4.11. The molecule has 2 heterocycles. The maximum absolute atomic E-state index is 10.5. The quantitative estimate of drug-likeness (QED) is 0.608. The van der Waals surface area contributed by atoms with E-state index in [1.54, 1.807) is 17.4 Å². The molecule has 82 valence electrons. The van der Waals surface area contributed by atoms with Crippen LogP contribution in [0.1, 0.15) is 11.8 Å². The molecule has 0 aliphatic heterocycles. The number of nitro groups is 1. The number of nitrogens with zero attached hydrogens (tertiary/aromatic N) is 1. The van der Waals surface area contributed by atoms with Crippen LogP contribution in [0.5, 0.6) is 0 Å². The number of rotatable bonds is 3. The minimum absolute atomic E-state index is 0.166. The lowest BCUT2D eigenvalue weighted by atomic mass is 10.2. The van der Waals surface area contributed by atoms with Crippen molar-refractivity contribution < 1.29 is 4.92 Å². The summed E-state index contributed by atoms with van der Waals surface area (Å²) in [7, 11) is 0. The molecule has 0 amide bonds. The van der Waals surface area contributed by atoms with E-state index in [4.69, 9.17) is 0 Å². The summed E-state index contributed by atoms with van der Waals surface area (Å²) in [6.07, 6.45) is 1.60. The van der Waals surface area contributed by atoms with Crippen LogP contribution in [0.4, 0.5) is 0 Å². The minimum atomic E-state index is -0.371. The van der Waals surface area contributed by atoms with Gasteiger partial charge >= 0.3 is 0 Å². The Morgan fingerprint density at radius 2 is 2.31 bits per heavy atom. The van der Waals surface area contributed by atoms with Crippen LogP contribution in [0.2, 0.25) is 0 Å². The molecule has 0 unspecified atom stereocenters. The van der Waals surface area contributed by atoms with Crippen molar-refractivity contribution in [3.63, 3.8) is 0 Å². The lowest BCUT2D eigenvalue weighted by Gasteiger charge is -1.88. The van der Waals surface area contributed by atoms with Gasteiger partial charge < -0.3 is 0 Å². The van der Waals surface area contributed by atoms with Crippen LogP contribution in [-0.2, 0) is 0 Å². The molecule has 0 fully saturated rings. The van der Waals surface area contributed by atoms with Gasteiger partial charge in [0.15, 0.2) is 0 Å². The molecule has 3 nitrogen and oxygen atoms in total. The summed E-state index contributed by atoms with van der Waals surface area (Å²) in [5.74, 6) is 0. The monoisotopic (exact) mass is 251 g/mol. The maximum Gasteiger partial charge on any atom is 0.244 e. The van der Waals surface area contributed by atoms with Gasteiger partial charge in [-0.25, -0.2) is 0 Å². The van der Waals surface area contributed by atoms with Gasteiger partial charge in [-0.3, -0.25) is 10.1 Å². The summed E-state index contributed by atoms with van der Waals surface area (Å²) in [5, 5.41) is 14.5. The lowest BCUT2D eigenvalue weighted by Crippen LogP contribution is -1.91. The first-order valence-electron chi connectivity index (χ1n) is 4.62. The Hall–Kier alpha value is -1.46. The molecular weight excluding hydrogens is 242 g/mol. The second kappa shape index (κ2) is 4.59. The van der Waals surface area contributed by atoms with Gasteiger partial charge in [-0.2, -0.15) is 0 Å². The van der Waals surface area contributed by atoms with Gasteiger partial charge in [0.2, 0.25) is 5.70 Å². The Kier molecular flexibility index (Phi) is 3.17. The van der Waals surface area contributed by atoms with Crippen LogP contribution in [0, 0.1) is 10.1 Å². The fraction of sp³-hybridized carbons (Fsp3) is 0.0909. The molecular formula is C11H9NO2S2. The largest absolute Gasteiger partial charge is 0.259 e. The van der Waals surface area contributed by atoms with Crippen LogP contribution in [0.15, 0.2) is 34.7 Å². The third-order valence-corrected chi connectivity index (χ3v) is 3.86. The molecule has 5 heteroatoms. The van der Waals surface area contributed by atoms with E-state index in [2.05, 4.69) is 0 Å². The van der Waals surface area contributed by atoms with Crippen molar-refractivity contribution in [3.8, 4) is 10.4 Å². The first-order chi connectivity index (χ1) is 7.66. The van der Waals surface area contributed by atoms with E-state index in [1.165, 1.54) is 23.1 Å². The Labute approximate surface area is 101 Å². The number of allylic oxidation sites excluding steroid dienone is 1. The van der Waals surface area contributed by atoms with E-state index >= 15 is 0 Å². The molecule has 0 atom stereocenters. The third-order valence-electron chi connectivity index (χ3n) is 2.06. The molecule has 2 aromatic rings. The van der Waals surface area contributed by atoms with Crippen LogP contribution in [-0.4, -0.2) is 4.92 Å².